The molecule has 1 N–H and O–H groups in total. The molecule has 9 nitrogen and oxygen atoms in total. The number of hydrogen-bond donors (Lipinski definition) is 1. The van der Waals surface area contributed by atoms with Crippen molar-refractivity contribution in [3.8, 4) is 5.75 Å². The van der Waals surface area contributed by atoms with E-state index in [2.05, 4.69) is 20.3 Å². The maximum atomic E-state index is 12.2. The van der Waals surface area contributed by atoms with E-state index in [1.807, 2.05) is 18.2 Å². The van der Waals surface area contributed by atoms with Gasteiger partial charge in [0.15, 0.2) is 5.75 Å². The summed E-state index contributed by atoms with van der Waals surface area (Å²) in [6, 6.07) is 14.7. The maximum absolute atomic E-state index is 12.2. The van der Waals surface area contributed by atoms with Crippen LogP contribution in [-0.4, -0.2) is 25.8 Å². The molecule has 0 aliphatic heterocycles. The van der Waals surface area contributed by atoms with Gasteiger partial charge >= 0.3 is 5.97 Å². The quantitative estimate of drug-likeness (QED) is 0.198. The molecule has 4 rings (SSSR count). The van der Waals surface area contributed by atoms with E-state index in [1.165, 1.54) is 12.1 Å². The number of nitro benzene ring substituents is 1. The first-order valence-electron chi connectivity index (χ1n) is 9.93. The van der Waals surface area contributed by atoms with Gasteiger partial charge < -0.3 is 10.1 Å². The highest BCUT2D eigenvalue weighted by Crippen LogP contribution is 2.37. The van der Waals surface area contributed by atoms with Crippen molar-refractivity contribution in [3.05, 3.63) is 94.4 Å². The molecule has 0 aliphatic rings. The Morgan fingerprint density at radius 1 is 1.03 bits per heavy atom. The van der Waals surface area contributed by atoms with Crippen LogP contribution in [0.5, 0.6) is 5.75 Å². The number of pyridine rings is 1. The molecule has 2 heterocycles. The molecule has 0 fully saturated rings. The van der Waals surface area contributed by atoms with E-state index in [9.17, 15) is 14.9 Å². The number of rotatable bonds is 7. The molecule has 0 amide bonds. The van der Waals surface area contributed by atoms with Crippen molar-refractivity contribution in [2.45, 2.75) is 19.4 Å². The van der Waals surface area contributed by atoms with Crippen LogP contribution in [0, 0.1) is 10.1 Å². The van der Waals surface area contributed by atoms with Crippen molar-refractivity contribution in [2.24, 2.45) is 0 Å². The first-order chi connectivity index (χ1) is 15.6. The average molecular weight is 429 g/mol. The molecule has 1 atom stereocenters. The Hall–Kier alpha value is -4.40. The van der Waals surface area contributed by atoms with Gasteiger partial charge in [-0.2, -0.15) is 0 Å². The monoisotopic (exact) mass is 429 g/mol. The SMILES string of the molecule is CCC(=O)Oc1c(C(Nc2ncccn2)c2ccc([N+](=O)[O-])cc2)ccc2cccnc12. The lowest BCUT2D eigenvalue weighted by molar-refractivity contribution is -0.384. The number of non-ortho nitro benzene ring substituents is 1. The molecule has 2 aromatic carbocycles. The van der Waals surface area contributed by atoms with Gasteiger partial charge in [-0.1, -0.05) is 25.1 Å². The van der Waals surface area contributed by atoms with E-state index in [-0.39, 0.29) is 12.1 Å². The number of aromatic nitrogens is 3. The number of anilines is 1. The Balaban J connectivity index is 1.89. The topological polar surface area (TPSA) is 120 Å². The third kappa shape index (κ3) is 4.36. The Labute approximate surface area is 183 Å². The van der Waals surface area contributed by atoms with Crippen LogP contribution in [0.15, 0.2) is 73.2 Å². The number of nitrogens with one attached hydrogen (secondary N) is 1. The van der Waals surface area contributed by atoms with Crippen molar-refractivity contribution >= 4 is 28.5 Å². The van der Waals surface area contributed by atoms with Crippen molar-refractivity contribution < 1.29 is 14.5 Å². The lowest BCUT2D eigenvalue weighted by atomic mass is 9.96. The lowest BCUT2D eigenvalue weighted by Crippen LogP contribution is -2.17. The molecule has 32 heavy (non-hydrogen) atoms. The Morgan fingerprint density at radius 2 is 1.75 bits per heavy atom. The number of nitro groups is 1. The van der Waals surface area contributed by atoms with Crippen LogP contribution >= 0.6 is 0 Å². The second-order valence-corrected chi connectivity index (χ2v) is 6.89. The fourth-order valence-corrected chi connectivity index (χ4v) is 3.29. The fourth-order valence-electron chi connectivity index (χ4n) is 3.29. The van der Waals surface area contributed by atoms with Crippen LogP contribution < -0.4 is 10.1 Å². The molecule has 0 bridgehead atoms. The Kier molecular flexibility index (Phi) is 5.98. The van der Waals surface area contributed by atoms with E-state index in [0.717, 1.165) is 5.39 Å². The fraction of sp³-hybridized carbons (Fsp3) is 0.130. The summed E-state index contributed by atoms with van der Waals surface area (Å²) in [5, 5.41) is 15.2. The molecule has 160 valence electrons. The molecule has 0 radical (unpaired) electrons. The largest absolute Gasteiger partial charge is 0.424 e. The van der Waals surface area contributed by atoms with Crippen molar-refractivity contribution in [3.63, 3.8) is 0 Å². The minimum atomic E-state index is -0.565. The van der Waals surface area contributed by atoms with Gasteiger partial charge in [0.1, 0.15) is 5.52 Å². The summed E-state index contributed by atoms with van der Waals surface area (Å²) < 4.78 is 5.72. The highest BCUT2D eigenvalue weighted by Gasteiger charge is 2.24. The van der Waals surface area contributed by atoms with E-state index in [0.29, 0.717) is 28.3 Å². The van der Waals surface area contributed by atoms with Crippen LogP contribution in [-0.2, 0) is 4.79 Å². The normalized spacial score (nSPS) is 11.7. The second kappa shape index (κ2) is 9.17. The number of nitrogens with zero attached hydrogens (tertiary/aromatic N) is 4. The predicted octanol–water partition coefficient (Wildman–Crippen LogP) is 4.45. The van der Waals surface area contributed by atoms with Gasteiger partial charge in [-0.05, 0) is 29.8 Å². The minimum Gasteiger partial charge on any atom is -0.424 e. The van der Waals surface area contributed by atoms with E-state index in [4.69, 9.17) is 4.74 Å². The molecule has 0 saturated heterocycles. The third-order valence-corrected chi connectivity index (χ3v) is 4.85. The zero-order valence-corrected chi connectivity index (χ0v) is 17.1. The average Bonchev–Trinajstić information content (AvgIpc) is 2.83. The van der Waals surface area contributed by atoms with Gasteiger partial charge in [-0.3, -0.25) is 19.9 Å². The maximum Gasteiger partial charge on any atom is 0.310 e. The van der Waals surface area contributed by atoms with Gasteiger partial charge in [-0.25, -0.2) is 9.97 Å². The highest BCUT2D eigenvalue weighted by atomic mass is 16.6. The van der Waals surface area contributed by atoms with Crippen LogP contribution in [0.25, 0.3) is 10.9 Å². The smallest absolute Gasteiger partial charge is 0.310 e. The van der Waals surface area contributed by atoms with Gasteiger partial charge in [0, 0.05) is 48.1 Å². The molecule has 4 aromatic rings. The highest BCUT2D eigenvalue weighted by molar-refractivity contribution is 5.89. The Bertz CT molecular complexity index is 1260. The zero-order valence-electron chi connectivity index (χ0n) is 17.1. The predicted molar refractivity (Wildman–Crippen MR) is 118 cm³/mol. The number of esters is 1. The molecule has 9 heteroatoms. The van der Waals surface area contributed by atoms with Crippen molar-refractivity contribution in [1.82, 2.24) is 15.0 Å². The standard InChI is InChI=1S/C23H19N5O4/c1-2-19(29)32-22-18(11-8-15-5-3-12-24-21(15)22)20(27-23-25-13-4-14-26-23)16-6-9-17(10-7-16)28(30)31/h3-14,20H,2H2,1H3,(H,25,26,27). The summed E-state index contributed by atoms with van der Waals surface area (Å²) in [4.78, 5) is 35.8. The molecule has 2 aromatic heterocycles. The zero-order chi connectivity index (χ0) is 22.5. The molecule has 0 saturated carbocycles. The van der Waals surface area contributed by atoms with Crippen LogP contribution in [0.3, 0.4) is 0 Å². The van der Waals surface area contributed by atoms with E-state index < -0.39 is 16.9 Å². The van der Waals surface area contributed by atoms with Crippen molar-refractivity contribution in [2.75, 3.05) is 5.32 Å². The van der Waals surface area contributed by atoms with Crippen molar-refractivity contribution in [1.29, 1.82) is 0 Å². The summed E-state index contributed by atoms with van der Waals surface area (Å²) in [6.45, 7) is 1.71. The molecule has 0 aliphatic carbocycles. The van der Waals surface area contributed by atoms with E-state index >= 15 is 0 Å². The summed E-state index contributed by atoms with van der Waals surface area (Å²) in [5.74, 6) is 0.272. The number of carbonyl (C=O) groups excluding carboxylic acids is 1. The van der Waals surface area contributed by atoms with Crippen LogP contribution in [0.2, 0.25) is 0 Å². The van der Waals surface area contributed by atoms with Crippen LogP contribution in [0.4, 0.5) is 11.6 Å². The summed E-state index contributed by atoms with van der Waals surface area (Å²) >= 11 is 0. The van der Waals surface area contributed by atoms with Crippen LogP contribution in [0.1, 0.15) is 30.5 Å². The summed E-state index contributed by atoms with van der Waals surface area (Å²) in [7, 11) is 0. The summed E-state index contributed by atoms with van der Waals surface area (Å²) in [6.07, 6.45) is 5.02. The second-order valence-electron chi connectivity index (χ2n) is 6.89. The minimum absolute atomic E-state index is 0.0266. The number of benzene rings is 2. The summed E-state index contributed by atoms with van der Waals surface area (Å²) in [5.41, 5.74) is 1.84. The number of ether oxygens (including phenoxy) is 1. The van der Waals surface area contributed by atoms with Gasteiger partial charge in [0.25, 0.3) is 5.69 Å². The number of fused-ring (bicyclic) bond motifs is 1. The molecular weight excluding hydrogens is 410 g/mol. The van der Waals surface area contributed by atoms with Gasteiger partial charge in [-0.15, -0.1) is 0 Å². The molecule has 0 spiro atoms. The number of carbonyl (C=O) groups is 1. The molecular formula is C23H19N5O4. The van der Waals surface area contributed by atoms with Gasteiger partial charge in [0.05, 0.1) is 11.0 Å². The number of hydrogen-bond acceptors (Lipinski definition) is 8. The third-order valence-electron chi connectivity index (χ3n) is 4.85. The lowest BCUT2D eigenvalue weighted by Gasteiger charge is -2.22. The first kappa shape index (κ1) is 20.9. The first-order valence-corrected chi connectivity index (χ1v) is 9.93. The van der Waals surface area contributed by atoms with E-state index in [1.54, 1.807) is 49.8 Å². The Morgan fingerprint density at radius 3 is 2.44 bits per heavy atom. The molecule has 1 unspecified atom stereocenters. The van der Waals surface area contributed by atoms with Gasteiger partial charge in [0.2, 0.25) is 5.95 Å².